The lowest BCUT2D eigenvalue weighted by Gasteiger charge is -2.41. The van der Waals surface area contributed by atoms with Crippen LogP contribution in [0.2, 0.25) is 0 Å². The Morgan fingerprint density at radius 2 is 1.76 bits per heavy atom. The van der Waals surface area contributed by atoms with Crippen molar-refractivity contribution in [2.75, 3.05) is 4.72 Å². The van der Waals surface area contributed by atoms with Crippen LogP contribution in [0, 0.1) is 13.8 Å². The molecule has 1 fully saturated rings. The van der Waals surface area contributed by atoms with Crippen molar-refractivity contribution in [1.82, 2.24) is 5.32 Å². The van der Waals surface area contributed by atoms with Gasteiger partial charge in [-0.2, -0.15) is 0 Å². The van der Waals surface area contributed by atoms with Gasteiger partial charge >= 0.3 is 0 Å². The van der Waals surface area contributed by atoms with E-state index in [1.807, 2.05) is 38.1 Å². The Balaban J connectivity index is 1.81. The Morgan fingerprint density at radius 3 is 2.31 bits per heavy atom. The summed E-state index contributed by atoms with van der Waals surface area (Å²) in [5.74, 6) is 0.0711. The highest BCUT2D eigenvalue weighted by molar-refractivity contribution is 7.92. The zero-order valence-corrected chi connectivity index (χ0v) is 18.4. The van der Waals surface area contributed by atoms with Gasteiger partial charge in [0.15, 0.2) is 0 Å². The van der Waals surface area contributed by atoms with E-state index in [2.05, 4.69) is 17.0 Å². The number of aryl methyl sites for hydroxylation is 2. The minimum atomic E-state index is -3.67. The largest absolute Gasteiger partial charge is 0.353 e. The Bertz CT molecular complexity index is 993. The third-order valence-electron chi connectivity index (χ3n) is 5.95. The van der Waals surface area contributed by atoms with Crippen molar-refractivity contribution in [2.45, 2.75) is 69.7 Å². The number of benzene rings is 2. The molecule has 0 radical (unpaired) electrons. The van der Waals surface area contributed by atoms with Crippen molar-refractivity contribution in [3.05, 3.63) is 59.2 Å². The second-order valence-corrected chi connectivity index (χ2v) is 9.82. The summed E-state index contributed by atoms with van der Waals surface area (Å²) in [7, 11) is -3.67. The maximum Gasteiger partial charge on any atom is 0.262 e. The molecule has 1 aliphatic carbocycles. The quantitative estimate of drug-likeness (QED) is 0.703. The number of carbonyl (C=O) groups excluding carboxylic acids is 1. The number of hydrogen-bond acceptors (Lipinski definition) is 3. The molecule has 3 rings (SSSR count). The molecule has 1 saturated carbocycles. The van der Waals surface area contributed by atoms with Crippen molar-refractivity contribution in [3.63, 3.8) is 0 Å². The molecule has 1 atom stereocenters. The Kier molecular flexibility index (Phi) is 6.03. The first-order valence-corrected chi connectivity index (χ1v) is 11.7. The minimum absolute atomic E-state index is 0.0711. The number of amides is 1. The van der Waals surface area contributed by atoms with E-state index in [0.29, 0.717) is 11.3 Å². The molecule has 2 aromatic rings. The van der Waals surface area contributed by atoms with Crippen LogP contribution in [0.15, 0.2) is 47.4 Å². The molecule has 29 heavy (non-hydrogen) atoms. The number of nitrogens with one attached hydrogen (secondary N) is 2. The third-order valence-corrected chi connectivity index (χ3v) is 7.48. The molecule has 1 aliphatic rings. The maximum absolute atomic E-state index is 12.9. The molecule has 2 N–H and O–H groups in total. The van der Waals surface area contributed by atoms with E-state index >= 15 is 0 Å². The lowest BCUT2D eigenvalue weighted by molar-refractivity contribution is -0.130. The van der Waals surface area contributed by atoms with Crippen LogP contribution in [0.4, 0.5) is 5.69 Å². The maximum atomic E-state index is 12.9. The zero-order chi connectivity index (χ0) is 21.2. The summed E-state index contributed by atoms with van der Waals surface area (Å²) in [6, 6.07) is 12.8. The summed E-state index contributed by atoms with van der Waals surface area (Å²) in [4.78, 5) is 13.1. The average Bonchev–Trinajstić information content (AvgIpc) is 2.63. The first kappa shape index (κ1) is 21.4. The fourth-order valence-electron chi connectivity index (χ4n) is 3.71. The predicted molar refractivity (Wildman–Crippen MR) is 117 cm³/mol. The van der Waals surface area contributed by atoms with Crippen LogP contribution in [0.3, 0.4) is 0 Å². The summed E-state index contributed by atoms with van der Waals surface area (Å²) in [6.07, 6.45) is 3.56. The molecule has 1 amide bonds. The van der Waals surface area contributed by atoms with Crippen LogP contribution in [0.5, 0.6) is 0 Å². The van der Waals surface area contributed by atoms with Crippen LogP contribution in [0.1, 0.15) is 56.2 Å². The molecule has 0 unspecified atom stereocenters. The number of carbonyl (C=O) groups is 1. The van der Waals surface area contributed by atoms with Crippen molar-refractivity contribution >= 4 is 21.6 Å². The number of anilines is 1. The van der Waals surface area contributed by atoms with E-state index in [4.69, 9.17) is 0 Å². The summed E-state index contributed by atoms with van der Waals surface area (Å²) >= 11 is 0. The zero-order valence-electron chi connectivity index (χ0n) is 17.6. The standard InChI is InChI=1S/C23H30N2O3S/c1-5-18(4)24-22(26)23(13-6-14-23)19-9-11-20(12-10-19)25-29(27,28)21-15-16(2)7-8-17(21)3/h7-12,15,18,25H,5-6,13-14H2,1-4H3,(H,24,26)/t18-/m0/s1. The van der Waals surface area contributed by atoms with E-state index in [1.54, 1.807) is 25.1 Å². The van der Waals surface area contributed by atoms with Crippen molar-refractivity contribution < 1.29 is 13.2 Å². The lowest BCUT2D eigenvalue weighted by Crippen LogP contribution is -2.51. The van der Waals surface area contributed by atoms with E-state index in [1.165, 1.54) is 0 Å². The van der Waals surface area contributed by atoms with Gasteiger partial charge in [-0.05, 0) is 74.9 Å². The van der Waals surface area contributed by atoms with E-state index in [9.17, 15) is 13.2 Å². The first-order valence-electron chi connectivity index (χ1n) is 10.2. The second kappa shape index (κ2) is 8.19. The van der Waals surface area contributed by atoms with Gasteiger partial charge in [0.2, 0.25) is 5.91 Å². The molecule has 5 nitrogen and oxygen atoms in total. The molecule has 156 valence electrons. The van der Waals surface area contributed by atoms with E-state index < -0.39 is 15.4 Å². The van der Waals surface area contributed by atoms with Crippen molar-refractivity contribution in [2.24, 2.45) is 0 Å². The molecule has 0 aromatic heterocycles. The molecular weight excluding hydrogens is 384 g/mol. The molecule has 2 aromatic carbocycles. The minimum Gasteiger partial charge on any atom is -0.353 e. The monoisotopic (exact) mass is 414 g/mol. The van der Waals surface area contributed by atoms with Gasteiger partial charge in [-0.1, -0.05) is 37.6 Å². The van der Waals surface area contributed by atoms with Gasteiger partial charge in [-0.25, -0.2) is 8.42 Å². The number of hydrogen-bond donors (Lipinski definition) is 2. The fourth-order valence-corrected chi connectivity index (χ4v) is 5.09. The molecule has 0 heterocycles. The lowest BCUT2D eigenvalue weighted by atomic mass is 9.63. The van der Waals surface area contributed by atoms with Gasteiger partial charge in [0.05, 0.1) is 10.3 Å². The highest BCUT2D eigenvalue weighted by atomic mass is 32.2. The molecule has 6 heteroatoms. The molecule has 0 spiro atoms. The van der Waals surface area contributed by atoms with Crippen LogP contribution in [0.25, 0.3) is 0 Å². The average molecular weight is 415 g/mol. The van der Waals surface area contributed by atoms with Crippen LogP contribution in [-0.4, -0.2) is 20.4 Å². The molecular formula is C23H30N2O3S. The predicted octanol–water partition coefficient (Wildman–Crippen LogP) is 4.44. The summed E-state index contributed by atoms with van der Waals surface area (Å²) in [6.45, 7) is 7.72. The molecule has 0 aliphatic heterocycles. The Morgan fingerprint density at radius 1 is 1.10 bits per heavy atom. The van der Waals surface area contributed by atoms with Crippen LogP contribution in [-0.2, 0) is 20.2 Å². The number of sulfonamides is 1. The Hall–Kier alpha value is -2.34. The topological polar surface area (TPSA) is 75.3 Å². The fraction of sp³-hybridized carbons (Fsp3) is 0.435. The second-order valence-electron chi connectivity index (χ2n) is 8.17. The van der Waals surface area contributed by atoms with Crippen molar-refractivity contribution in [3.8, 4) is 0 Å². The first-order chi connectivity index (χ1) is 13.7. The van der Waals surface area contributed by atoms with E-state index in [0.717, 1.165) is 36.8 Å². The molecule has 0 saturated heterocycles. The van der Waals surface area contributed by atoms with Gasteiger partial charge in [-0.3, -0.25) is 9.52 Å². The van der Waals surface area contributed by atoms with Gasteiger partial charge in [0.25, 0.3) is 10.0 Å². The van der Waals surface area contributed by atoms with Crippen LogP contribution >= 0.6 is 0 Å². The van der Waals surface area contributed by atoms with Gasteiger partial charge in [0, 0.05) is 11.7 Å². The normalized spacial score (nSPS) is 16.6. The number of rotatable bonds is 7. The smallest absolute Gasteiger partial charge is 0.262 e. The summed E-state index contributed by atoms with van der Waals surface area (Å²) < 4.78 is 28.3. The van der Waals surface area contributed by atoms with Gasteiger partial charge < -0.3 is 5.32 Å². The highest BCUT2D eigenvalue weighted by Gasteiger charge is 2.45. The molecule has 0 bridgehead atoms. The highest BCUT2D eigenvalue weighted by Crippen LogP contribution is 2.44. The van der Waals surface area contributed by atoms with Gasteiger partial charge in [-0.15, -0.1) is 0 Å². The van der Waals surface area contributed by atoms with Crippen LogP contribution < -0.4 is 10.0 Å². The Labute approximate surface area is 174 Å². The van der Waals surface area contributed by atoms with Gasteiger partial charge in [0.1, 0.15) is 0 Å². The van der Waals surface area contributed by atoms with E-state index in [-0.39, 0.29) is 16.8 Å². The SMILES string of the molecule is CC[C@H](C)NC(=O)C1(c2ccc(NS(=O)(=O)c3cc(C)ccc3C)cc2)CCC1. The summed E-state index contributed by atoms with van der Waals surface area (Å²) in [5, 5.41) is 3.11. The summed E-state index contributed by atoms with van der Waals surface area (Å²) in [5.41, 5.74) is 2.54. The third kappa shape index (κ3) is 4.32. The van der Waals surface area contributed by atoms with Crippen molar-refractivity contribution in [1.29, 1.82) is 0 Å².